The van der Waals surface area contributed by atoms with E-state index in [1.807, 2.05) is 39.0 Å². The molecular weight excluding hydrogens is 338 g/mol. The Bertz CT molecular complexity index is 823. The maximum absolute atomic E-state index is 12.6. The first kappa shape index (κ1) is 17.7. The van der Waals surface area contributed by atoms with Gasteiger partial charge in [-0.25, -0.2) is 10.9 Å². The summed E-state index contributed by atoms with van der Waals surface area (Å²) in [5.74, 6) is 0.0678. The molecule has 2 unspecified atom stereocenters. The van der Waals surface area contributed by atoms with Crippen molar-refractivity contribution in [2.75, 3.05) is 5.32 Å². The number of benzene rings is 2. The molecule has 132 valence electrons. The van der Waals surface area contributed by atoms with Gasteiger partial charge >= 0.3 is 0 Å². The summed E-state index contributed by atoms with van der Waals surface area (Å²) < 4.78 is 0. The maximum Gasteiger partial charge on any atom is 0.242 e. The number of aryl methyl sites for hydroxylation is 3. The molecule has 0 aliphatic carbocycles. The molecule has 4 N–H and O–H groups in total. The molecule has 0 radical (unpaired) electrons. The molecule has 1 amide bonds. The average molecular weight is 360 g/mol. The Hall–Kier alpha value is -2.08. The van der Waals surface area contributed by atoms with Crippen LogP contribution in [0.25, 0.3) is 0 Å². The number of nitrogens with one attached hydrogen (secondary N) is 3. The number of phenols is 1. The summed E-state index contributed by atoms with van der Waals surface area (Å²) >= 11 is 6.16. The second kappa shape index (κ2) is 7.04. The lowest BCUT2D eigenvalue weighted by molar-refractivity contribution is -0.117. The Balaban J connectivity index is 1.71. The van der Waals surface area contributed by atoms with E-state index in [-0.39, 0.29) is 17.7 Å². The normalized spacial score (nSPS) is 19.8. The average Bonchev–Trinajstić information content (AvgIpc) is 3.04. The highest BCUT2D eigenvalue weighted by molar-refractivity contribution is 6.31. The smallest absolute Gasteiger partial charge is 0.242 e. The van der Waals surface area contributed by atoms with E-state index >= 15 is 0 Å². The van der Waals surface area contributed by atoms with Gasteiger partial charge in [0.05, 0.1) is 6.04 Å². The van der Waals surface area contributed by atoms with Crippen LogP contribution in [0.15, 0.2) is 30.3 Å². The number of carbonyl (C=O) groups is 1. The number of anilines is 1. The second-order valence-corrected chi connectivity index (χ2v) is 7.00. The van der Waals surface area contributed by atoms with Gasteiger partial charge in [-0.2, -0.15) is 0 Å². The van der Waals surface area contributed by atoms with Crippen molar-refractivity contribution >= 4 is 23.2 Å². The molecule has 0 aromatic heterocycles. The minimum absolute atomic E-state index is 0.110. The molecule has 2 aromatic rings. The SMILES string of the molecule is Cc1ccc(C)c(NC(=O)C2CC(c3cc(Cl)c(C)cc3O)NN2)c1. The number of hydrogen-bond acceptors (Lipinski definition) is 4. The minimum Gasteiger partial charge on any atom is -0.508 e. The summed E-state index contributed by atoms with van der Waals surface area (Å²) in [4.78, 5) is 12.6. The van der Waals surface area contributed by atoms with Gasteiger partial charge in [-0.1, -0.05) is 23.7 Å². The van der Waals surface area contributed by atoms with E-state index in [2.05, 4.69) is 16.2 Å². The molecule has 1 aliphatic heterocycles. The van der Waals surface area contributed by atoms with Crippen molar-refractivity contribution in [2.45, 2.75) is 39.3 Å². The standard InChI is InChI=1S/C19H22ClN3O2/c1-10-4-5-11(2)15(6-10)21-19(25)17-9-16(22-23-17)13-8-14(20)12(3)7-18(13)24/h4-8,16-17,22-24H,9H2,1-3H3,(H,21,25). The number of amides is 1. The van der Waals surface area contributed by atoms with Gasteiger partial charge in [0, 0.05) is 16.3 Å². The molecule has 2 aromatic carbocycles. The van der Waals surface area contributed by atoms with Gasteiger partial charge in [-0.3, -0.25) is 4.79 Å². The molecule has 25 heavy (non-hydrogen) atoms. The third-order valence-electron chi connectivity index (χ3n) is 4.55. The molecule has 1 aliphatic rings. The molecule has 2 atom stereocenters. The van der Waals surface area contributed by atoms with Crippen molar-refractivity contribution in [3.05, 3.63) is 57.6 Å². The van der Waals surface area contributed by atoms with Crippen molar-refractivity contribution < 1.29 is 9.90 Å². The summed E-state index contributed by atoms with van der Waals surface area (Å²) in [7, 11) is 0. The Morgan fingerprint density at radius 2 is 1.92 bits per heavy atom. The number of carbonyl (C=O) groups excluding carboxylic acids is 1. The van der Waals surface area contributed by atoms with Crippen LogP contribution in [0.4, 0.5) is 5.69 Å². The van der Waals surface area contributed by atoms with Crippen LogP contribution in [0.3, 0.4) is 0 Å². The lowest BCUT2D eigenvalue weighted by atomic mass is 9.99. The second-order valence-electron chi connectivity index (χ2n) is 6.60. The van der Waals surface area contributed by atoms with Gasteiger partial charge in [0.15, 0.2) is 0 Å². The van der Waals surface area contributed by atoms with E-state index in [9.17, 15) is 9.90 Å². The zero-order valence-corrected chi connectivity index (χ0v) is 15.2. The van der Waals surface area contributed by atoms with Gasteiger partial charge in [-0.05, 0) is 62.1 Å². The topological polar surface area (TPSA) is 73.4 Å². The van der Waals surface area contributed by atoms with Crippen LogP contribution in [0, 0.1) is 20.8 Å². The third-order valence-corrected chi connectivity index (χ3v) is 4.96. The van der Waals surface area contributed by atoms with E-state index in [1.165, 1.54) is 0 Å². The molecule has 3 rings (SSSR count). The lowest BCUT2D eigenvalue weighted by Crippen LogP contribution is -2.39. The predicted octanol–water partition coefficient (Wildman–Crippen LogP) is 3.52. The molecule has 6 heteroatoms. The first-order valence-corrected chi connectivity index (χ1v) is 8.61. The summed E-state index contributed by atoms with van der Waals surface area (Å²) in [5, 5.41) is 13.7. The zero-order valence-electron chi connectivity index (χ0n) is 14.5. The molecule has 0 spiro atoms. The van der Waals surface area contributed by atoms with E-state index in [0.29, 0.717) is 17.0 Å². The van der Waals surface area contributed by atoms with Crippen LogP contribution >= 0.6 is 11.6 Å². The number of hydrogen-bond donors (Lipinski definition) is 4. The van der Waals surface area contributed by atoms with Gasteiger partial charge in [0.1, 0.15) is 11.8 Å². The Morgan fingerprint density at radius 1 is 1.16 bits per heavy atom. The quantitative estimate of drug-likeness (QED) is 0.676. The van der Waals surface area contributed by atoms with Crippen LogP contribution in [-0.4, -0.2) is 17.1 Å². The lowest BCUT2D eigenvalue weighted by Gasteiger charge is -2.14. The number of rotatable bonds is 3. The molecule has 0 bridgehead atoms. The molecule has 5 nitrogen and oxygen atoms in total. The van der Waals surface area contributed by atoms with Crippen molar-refractivity contribution in [3.8, 4) is 5.75 Å². The maximum atomic E-state index is 12.6. The minimum atomic E-state index is -0.399. The highest BCUT2D eigenvalue weighted by Gasteiger charge is 2.32. The van der Waals surface area contributed by atoms with E-state index < -0.39 is 6.04 Å². The predicted molar refractivity (Wildman–Crippen MR) is 99.8 cm³/mol. The van der Waals surface area contributed by atoms with Gasteiger partial charge in [0.25, 0.3) is 0 Å². The number of hydrazine groups is 1. The van der Waals surface area contributed by atoms with Crippen molar-refractivity contribution in [2.24, 2.45) is 0 Å². The number of aromatic hydroxyl groups is 1. The molecular formula is C19H22ClN3O2. The highest BCUT2D eigenvalue weighted by atomic mass is 35.5. The first-order chi connectivity index (χ1) is 11.8. The monoisotopic (exact) mass is 359 g/mol. The Labute approximate surface area is 152 Å². The van der Waals surface area contributed by atoms with Gasteiger partial charge in [0.2, 0.25) is 5.91 Å². The van der Waals surface area contributed by atoms with Gasteiger partial charge in [-0.15, -0.1) is 0 Å². The van der Waals surface area contributed by atoms with E-state index in [0.717, 1.165) is 22.4 Å². The summed E-state index contributed by atoms with van der Waals surface area (Å²) in [6.45, 7) is 5.79. The third kappa shape index (κ3) is 3.79. The van der Waals surface area contributed by atoms with Crippen LogP contribution < -0.4 is 16.2 Å². The van der Waals surface area contributed by atoms with Crippen LogP contribution in [0.5, 0.6) is 5.75 Å². The fourth-order valence-electron chi connectivity index (χ4n) is 2.98. The Kier molecular flexibility index (Phi) is 4.99. The summed E-state index contributed by atoms with van der Waals surface area (Å²) in [6, 6.07) is 8.76. The first-order valence-electron chi connectivity index (χ1n) is 8.23. The van der Waals surface area contributed by atoms with Crippen molar-refractivity contribution in [1.29, 1.82) is 0 Å². The fraction of sp³-hybridized carbons (Fsp3) is 0.316. The van der Waals surface area contributed by atoms with Crippen molar-refractivity contribution in [3.63, 3.8) is 0 Å². The van der Waals surface area contributed by atoms with Gasteiger partial charge < -0.3 is 10.4 Å². The van der Waals surface area contributed by atoms with Crippen LogP contribution in [-0.2, 0) is 4.79 Å². The molecule has 1 fully saturated rings. The summed E-state index contributed by atoms with van der Waals surface area (Å²) in [5.41, 5.74) is 10.5. The molecule has 0 saturated carbocycles. The number of phenolic OH excluding ortho intramolecular Hbond substituents is 1. The van der Waals surface area contributed by atoms with Crippen molar-refractivity contribution in [1.82, 2.24) is 10.9 Å². The van der Waals surface area contributed by atoms with E-state index in [1.54, 1.807) is 12.1 Å². The fourth-order valence-corrected chi connectivity index (χ4v) is 3.16. The Morgan fingerprint density at radius 3 is 2.68 bits per heavy atom. The summed E-state index contributed by atoms with van der Waals surface area (Å²) in [6.07, 6.45) is 0.518. The largest absolute Gasteiger partial charge is 0.508 e. The number of halogens is 1. The van der Waals surface area contributed by atoms with E-state index in [4.69, 9.17) is 11.6 Å². The highest BCUT2D eigenvalue weighted by Crippen LogP contribution is 2.34. The zero-order chi connectivity index (χ0) is 18.1. The molecule has 1 heterocycles. The van der Waals surface area contributed by atoms with Crippen LogP contribution in [0.1, 0.15) is 34.7 Å². The molecule has 1 saturated heterocycles. The van der Waals surface area contributed by atoms with Crippen LogP contribution in [0.2, 0.25) is 5.02 Å².